The Morgan fingerprint density at radius 2 is 2.18 bits per heavy atom. The van der Waals surface area contributed by atoms with Gasteiger partial charge in [0.25, 0.3) is 5.91 Å². The van der Waals surface area contributed by atoms with E-state index in [-0.39, 0.29) is 24.7 Å². The molecule has 2 atom stereocenters. The zero-order valence-electron chi connectivity index (χ0n) is 13.2. The van der Waals surface area contributed by atoms with Crippen LogP contribution in [0.2, 0.25) is 5.02 Å². The largest absolute Gasteiger partial charge is 0.484 e. The van der Waals surface area contributed by atoms with Crippen LogP contribution in [0, 0.1) is 6.92 Å². The number of methoxy groups -OCH3 is 2. The molecule has 1 aromatic carbocycles. The summed E-state index contributed by atoms with van der Waals surface area (Å²) in [5.74, 6) is 0.579. The molecular weight excluding hydrogens is 306 g/mol. The third kappa shape index (κ3) is 4.12. The van der Waals surface area contributed by atoms with Crippen molar-refractivity contribution in [1.29, 1.82) is 0 Å². The van der Waals surface area contributed by atoms with Gasteiger partial charge in [0.05, 0.1) is 18.8 Å². The van der Waals surface area contributed by atoms with E-state index in [2.05, 4.69) is 0 Å². The lowest BCUT2D eigenvalue weighted by molar-refractivity contribution is -0.135. The first-order valence-electron chi connectivity index (χ1n) is 7.25. The van der Waals surface area contributed by atoms with Gasteiger partial charge in [-0.2, -0.15) is 0 Å². The van der Waals surface area contributed by atoms with Crippen molar-refractivity contribution in [3.05, 3.63) is 28.8 Å². The van der Waals surface area contributed by atoms with Crippen LogP contribution in [0.15, 0.2) is 18.2 Å². The number of hydrogen-bond acceptors (Lipinski definition) is 4. The van der Waals surface area contributed by atoms with Crippen molar-refractivity contribution in [2.24, 2.45) is 0 Å². The number of carbonyl (C=O) groups is 1. The van der Waals surface area contributed by atoms with Gasteiger partial charge >= 0.3 is 0 Å². The third-order valence-corrected chi connectivity index (χ3v) is 4.30. The molecule has 6 heteroatoms. The number of rotatable bonds is 6. The summed E-state index contributed by atoms with van der Waals surface area (Å²) in [7, 11) is 3.30. The van der Waals surface area contributed by atoms with Gasteiger partial charge in [0.1, 0.15) is 5.75 Å². The van der Waals surface area contributed by atoms with E-state index in [1.54, 1.807) is 31.3 Å². The van der Waals surface area contributed by atoms with Crippen molar-refractivity contribution in [3.63, 3.8) is 0 Å². The number of ether oxygens (including phenoxy) is 3. The van der Waals surface area contributed by atoms with Crippen LogP contribution in [0.5, 0.6) is 5.75 Å². The Hall–Kier alpha value is -1.30. The summed E-state index contributed by atoms with van der Waals surface area (Å²) in [5.41, 5.74) is 0.921. The molecule has 2 rings (SSSR count). The first kappa shape index (κ1) is 17.1. The van der Waals surface area contributed by atoms with E-state index in [1.807, 2.05) is 13.0 Å². The minimum Gasteiger partial charge on any atom is -0.484 e. The minimum absolute atomic E-state index is 0.00226. The molecule has 0 saturated carbocycles. The summed E-state index contributed by atoms with van der Waals surface area (Å²) < 4.78 is 16.1. The van der Waals surface area contributed by atoms with Crippen LogP contribution in [0.25, 0.3) is 0 Å². The van der Waals surface area contributed by atoms with Crippen molar-refractivity contribution in [3.8, 4) is 5.75 Å². The van der Waals surface area contributed by atoms with Crippen LogP contribution in [0.4, 0.5) is 0 Å². The van der Waals surface area contributed by atoms with Crippen molar-refractivity contribution in [2.75, 3.05) is 34.0 Å². The lowest BCUT2D eigenvalue weighted by atomic mass is 10.2. The number of likely N-dealkylation sites (tertiary alicyclic amines) is 1. The highest BCUT2D eigenvalue weighted by atomic mass is 35.5. The predicted octanol–water partition coefficient (Wildman–Crippen LogP) is 2.29. The fourth-order valence-corrected chi connectivity index (χ4v) is 2.75. The van der Waals surface area contributed by atoms with Gasteiger partial charge in [0.15, 0.2) is 6.61 Å². The SMILES string of the molecule is COC[C@@H]1C[C@H](OC)CN1C(=O)COc1ccc(Cl)c(C)c1. The number of hydrogen-bond donors (Lipinski definition) is 0. The molecule has 1 amide bonds. The zero-order valence-corrected chi connectivity index (χ0v) is 13.9. The number of nitrogens with zero attached hydrogens (tertiary/aromatic N) is 1. The molecule has 0 aromatic heterocycles. The molecule has 1 fully saturated rings. The van der Waals surface area contributed by atoms with E-state index in [1.165, 1.54) is 0 Å². The number of amides is 1. The second-order valence-electron chi connectivity index (χ2n) is 5.45. The van der Waals surface area contributed by atoms with Crippen molar-refractivity contribution in [2.45, 2.75) is 25.5 Å². The number of benzene rings is 1. The van der Waals surface area contributed by atoms with E-state index in [9.17, 15) is 4.79 Å². The fraction of sp³-hybridized carbons (Fsp3) is 0.562. The predicted molar refractivity (Wildman–Crippen MR) is 84.5 cm³/mol. The summed E-state index contributed by atoms with van der Waals surface area (Å²) in [5, 5.41) is 0.682. The van der Waals surface area contributed by atoms with Crippen LogP contribution in [-0.2, 0) is 14.3 Å². The minimum atomic E-state index is -0.0609. The quantitative estimate of drug-likeness (QED) is 0.804. The molecular formula is C16H22ClNO4. The molecule has 0 N–H and O–H groups in total. The Bertz CT molecular complexity index is 523. The summed E-state index contributed by atoms with van der Waals surface area (Å²) in [6.07, 6.45) is 0.845. The Kier molecular flexibility index (Phi) is 6.06. The summed E-state index contributed by atoms with van der Waals surface area (Å²) in [4.78, 5) is 14.2. The molecule has 0 aliphatic carbocycles. The van der Waals surface area contributed by atoms with Crippen molar-refractivity contribution in [1.82, 2.24) is 4.90 Å². The monoisotopic (exact) mass is 327 g/mol. The molecule has 5 nitrogen and oxygen atoms in total. The highest BCUT2D eigenvalue weighted by Gasteiger charge is 2.35. The second kappa shape index (κ2) is 7.81. The Balaban J connectivity index is 1.94. The highest BCUT2D eigenvalue weighted by molar-refractivity contribution is 6.31. The Morgan fingerprint density at radius 1 is 1.41 bits per heavy atom. The van der Waals surface area contributed by atoms with Gasteiger partial charge in [-0.25, -0.2) is 0 Å². The number of carbonyl (C=O) groups excluding carboxylic acids is 1. The summed E-state index contributed by atoms with van der Waals surface area (Å²) >= 11 is 5.97. The summed E-state index contributed by atoms with van der Waals surface area (Å²) in [6.45, 7) is 2.98. The van der Waals surface area contributed by atoms with E-state index < -0.39 is 0 Å². The lowest BCUT2D eigenvalue weighted by Crippen LogP contribution is -2.41. The van der Waals surface area contributed by atoms with Crippen LogP contribution in [0.1, 0.15) is 12.0 Å². The van der Waals surface area contributed by atoms with Crippen molar-refractivity contribution < 1.29 is 19.0 Å². The molecule has 0 bridgehead atoms. The van der Waals surface area contributed by atoms with Crippen molar-refractivity contribution >= 4 is 17.5 Å². The van der Waals surface area contributed by atoms with E-state index in [4.69, 9.17) is 25.8 Å². The topological polar surface area (TPSA) is 48.0 Å². The summed E-state index contributed by atoms with van der Waals surface area (Å²) in [6, 6.07) is 5.39. The molecule has 0 unspecified atom stereocenters. The Morgan fingerprint density at radius 3 is 2.82 bits per heavy atom. The molecule has 1 saturated heterocycles. The first-order chi connectivity index (χ1) is 10.5. The molecule has 1 aromatic rings. The maximum Gasteiger partial charge on any atom is 0.260 e. The van der Waals surface area contributed by atoms with Gasteiger partial charge < -0.3 is 19.1 Å². The van der Waals surface area contributed by atoms with E-state index >= 15 is 0 Å². The molecule has 1 heterocycles. The fourth-order valence-electron chi connectivity index (χ4n) is 2.64. The van der Waals surface area contributed by atoms with Crippen LogP contribution >= 0.6 is 11.6 Å². The zero-order chi connectivity index (χ0) is 16.1. The molecule has 1 aliphatic heterocycles. The second-order valence-corrected chi connectivity index (χ2v) is 5.86. The number of aryl methyl sites for hydroxylation is 1. The maximum absolute atomic E-state index is 12.4. The van der Waals surface area contributed by atoms with Gasteiger partial charge in [-0.3, -0.25) is 4.79 Å². The average molecular weight is 328 g/mol. The average Bonchev–Trinajstić information content (AvgIpc) is 2.92. The first-order valence-corrected chi connectivity index (χ1v) is 7.63. The standard InChI is InChI=1S/C16H22ClNO4/c1-11-6-13(4-5-15(11)17)22-10-16(19)18-8-14(21-3)7-12(18)9-20-2/h4-6,12,14H,7-10H2,1-3H3/t12-,14-/m0/s1. The Labute approximate surface area is 136 Å². The smallest absolute Gasteiger partial charge is 0.260 e. The number of halogens is 1. The van der Waals surface area contributed by atoms with Gasteiger partial charge in [0, 0.05) is 25.8 Å². The third-order valence-electron chi connectivity index (χ3n) is 3.88. The van der Waals surface area contributed by atoms with Gasteiger partial charge in [-0.15, -0.1) is 0 Å². The van der Waals surface area contributed by atoms with Gasteiger partial charge in [0.2, 0.25) is 0 Å². The van der Waals surface area contributed by atoms with E-state index in [0.717, 1.165) is 12.0 Å². The van der Waals surface area contributed by atoms with E-state index in [0.29, 0.717) is 23.9 Å². The molecule has 22 heavy (non-hydrogen) atoms. The maximum atomic E-state index is 12.4. The molecule has 0 radical (unpaired) electrons. The van der Waals surface area contributed by atoms with Gasteiger partial charge in [-0.1, -0.05) is 11.6 Å². The lowest BCUT2D eigenvalue weighted by Gasteiger charge is -2.23. The highest BCUT2D eigenvalue weighted by Crippen LogP contribution is 2.23. The molecule has 1 aliphatic rings. The van der Waals surface area contributed by atoms with Gasteiger partial charge in [-0.05, 0) is 37.1 Å². The van der Waals surface area contributed by atoms with Crippen LogP contribution in [-0.4, -0.2) is 56.9 Å². The molecule has 0 spiro atoms. The molecule has 122 valence electrons. The van der Waals surface area contributed by atoms with Crippen LogP contribution < -0.4 is 4.74 Å². The normalized spacial score (nSPS) is 21.2. The van der Waals surface area contributed by atoms with Crippen LogP contribution in [0.3, 0.4) is 0 Å².